The summed E-state index contributed by atoms with van der Waals surface area (Å²) in [6.07, 6.45) is 3.53. The summed E-state index contributed by atoms with van der Waals surface area (Å²) in [6, 6.07) is 0. The highest BCUT2D eigenvalue weighted by molar-refractivity contribution is 7.71. The first-order chi connectivity index (χ1) is 6.81. The second-order valence-electron chi connectivity index (χ2n) is 3.54. The van der Waals surface area contributed by atoms with Crippen LogP contribution in [0.2, 0.25) is 0 Å². The second-order valence-corrected chi connectivity index (χ2v) is 3.93. The largest absolute Gasteiger partial charge is 0.376 e. The van der Waals surface area contributed by atoms with Gasteiger partial charge in [0.15, 0.2) is 4.77 Å². The minimum Gasteiger partial charge on any atom is -0.376 e. The monoisotopic (exact) mass is 213 g/mol. The number of nitrogens with zero attached hydrogens (tertiary/aromatic N) is 2. The molecule has 0 aliphatic carbocycles. The summed E-state index contributed by atoms with van der Waals surface area (Å²) in [5, 5.41) is 6.99. The predicted molar refractivity (Wildman–Crippen MR) is 55.8 cm³/mol. The Morgan fingerprint density at radius 3 is 3.21 bits per heavy atom. The molecule has 1 atom stereocenters. The smallest absolute Gasteiger partial charge is 0.195 e. The summed E-state index contributed by atoms with van der Waals surface area (Å²) in [6.45, 7) is 3.81. The number of hydrogen-bond acceptors (Lipinski definition) is 3. The van der Waals surface area contributed by atoms with Gasteiger partial charge < -0.3 is 9.30 Å². The van der Waals surface area contributed by atoms with Gasteiger partial charge in [-0.05, 0) is 25.1 Å². The van der Waals surface area contributed by atoms with Gasteiger partial charge in [-0.15, -0.1) is 0 Å². The molecule has 14 heavy (non-hydrogen) atoms. The van der Waals surface area contributed by atoms with Crippen molar-refractivity contribution in [3.8, 4) is 0 Å². The third-order valence-corrected chi connectivity index (χ3v) is 2.88. The Kier molecular flexibility index (Phi) is 2.98. The zero-order chi connectivity index (χ0) is 9.97. The Balaban J connectivity index is 2.13. The molecule has 1 saturated heterocycles. The normalized spacial score (nSPS) is 21.6. The molecule has 1 unspecified atom stereocenters. The van der Waals surface area contributed by atoms with Crippen LogP contribution in [-0.4, -0.2) is 27.5 Å². The van der Waals surface area contributed by atoms with Crippen molar-refractivity contribution in [2.24, 2.45) is 0 Å². The van der Waals surface area contributed by atoms with Crippen LogP contribution < -0.4 is 0 Å². The van der Waals surface area contributed by atoms with Crippen molar-refractivity contribution >= 4 is 12.2 Å². The van der Waals surface area contributed by atoms with Crippen LogP contribution >= 0.6 is 12.2 Å². The Hall–Kier alpha value is -0.680. The number of aromatic amines is 1. The molecule has 0 amide bonds. The predicted octanol–water partition coefficient (Wildman–Crippen LogP) is 1.68. The fourth-order valence-corrected chi connectivity index (χ4v) is 2.03. The van der Waals surface area contributed by atoms with Gasteiger partial charge in [0.1, 0.15) is 5.82 Å². The topological polar surface area (TPSA) is 42.8 Å². The molecule has 0 spiro atoms. The molecule has 5 heteroatoms. The van der Waals surface area contributed by atoms with Crippen molar-refractivity contribution in [1.82, 2.24) is 14.8 Å². The SMILES string of the molecule is CCc1n[nH]c(=S)n1CC1CCCO1. The van der Waals surface area contributed by atoms with E-state index >= 15 is 0 Å². The van der Waals surface area contributed by atoms with E-state index in [4.69, 9.17) is 17.0 Å². The number of H-pyrrole nitrogens is 1. The summed E-state index contributed by atoms with van der Waals surface area (Å²) in [5.41, 5.74) is 0. The maximum atomic E-state index is 5.57. The fraction of sp³-hybridized carbons (Fsp3) is 0.778. The molecular weight excluding hydrogens is 198 g/mol. The molecule has 0 aromatic carbocycles. The molecule has 0 saturated carbocycles. The van der Waals surface area contributed by atoms with Crippen molar-refractivity contribution in [1.29, 1.82) is 0 Å². The van der Waals surface area contributed by atoms with Crippen molar-refractivity contribution in [3.05, 3.63) is 10.6 Å². The Morgan fingerprint density at radius 2 is 2.57 bits per heavy atom. The number of rotatable bonds is 3. The van der Waals surface area contributed by atoms with Crippen LogP contribution in [0.3, 0.4) is 0 Å². The Morgan fingerprint density at radius 1 is 1.71 bits per heavy atom. The molecule has 1 N–H and O–H groups in total. The first kappa shape index (κ1) is 9.86. The molecule has 0 radical (unpaired) electrons. The Labute approximate surface area is 88.3 Å². The molecule has 1 aliphatic rings. The van der Waals surface area contributed by atoms with Crippen molar-refractivity contribution in [2.45, 2.75) is 38.8 Å². The molecule has 1 fully saturated rings. The highest BCUT2D eigenvalue weighted by Gasteiger charge is 2.17. The minimum absolute atomic E-state index is 0.324. The summed E-state index contributed by atoms with van der Waals surface area (Å²) in [4.78, 5) is 0. The summed E-state index contributed by atoms with van der Waals surface area (Å²) < 4.78 is 8.32. The average Bonchev–Trinajstić information content (AvgIpc) is 2.79. The quantitative estimate of drug-likeness (QED) is 0.777. The van der Waals surface area contributed by atoms with E-state index in [2.05, 4.69) is 17.1 Å². The highest BCUT2D eigenvalue weighted by Crippen LogP contribution is 2.14. The zero-order valence-corrected chi connectivity index (χ0v) is 9.14. The van der Waals surface area contributed by atoms with Crippen LogP contribution in [0.1, 0.15) is 25.6 Å². The van der Waals surface area contributed by atoms with Gasteiger partial charge in [0.25, 0.3) is 0 Å². The lowest BCUT2D eigenvalue weighted by Gasteiger charge is -2.11. The van der Waals surface area contributed by atoms with E-state index < -0.39 is 0 Å². The highest BCUT2D eigenvalue weighted by atomic mass is 32.1. The van der Waals surface area contributed by atoms with Gasteiger partial charge >= 0.3 is 0 Å². The molecule has 2 heterocycles. The van der Waals surface area contributed by atoms with E-state index in [1.807, 2.05) is 4.57 Å². The van der Waals surface area contributed by atoms with Crippen molar-refractivity contribution < 1.29 is 4.74 Å². The van der Waals surface area contributed by atoms with Crippen LogP contribution in [0, 0.1) is 4.77 Å². The van der Waals surface area contributed by atoms with E-state index in [0.29, 0.717) is 10.9 Å². The van der Waals surface area contributed by atoms with E-state index in [9.17, 15) is 0 Å². The summed E-state index contributed by atoms with van der Waals surface area (Å²) in [5.74, 6) is 1.02. The standard InChI is InChI=1S/C9H15N3OS/c1-2-8-10-11-9(14)12(8)6-7-4-3-5-13-7/h7H,2-6H2,1H3,(H,11,14). The van der Waals surface area contributed by atoms with Crippen molar-refractivity contribution in [3.63, 3.8) is 0 Å². The summed E-state index contributed by atoms with van der Waals surface area (Å²) >= 11 is 5.16. The van der Waals surface area contributed by atoms with Gasteiger partial charge in [-0.2, -0.15) is 5.10 Å². The number of aryl methyl sites for hydroxylation is 1. The molecule has 1 aromatic rings. The molecular formula is C9H15N3OS. The third kappa shape index (κ3) is 1.88. The van der Waals surface area contributed by atoms with Gasteiger partial charge in [0.05, 0.1) is 12.6 Å². The zero-order valence-electron chi connectivity index (χ0n) is 8.32. The molecule has 4 nitrogen and oxygen atoms in total. The number of ether oxygens (including phenoxy) is 1. The van der Waals surface area contributed by atoms with E-state index in [0.717, 1.165) is 38.2 Å². The maximum absolute atomic E-state index is 5.57. The minimum atomic E-state index is 0.324. The van der Waals surface area contributed by atoms with E-state index in [1.165, 1.54) is 0 Å². The molecule has 78 valence electrons. The average molecular weight is 213 g/mol. The van der Waals surface area contributed by atoms with Gasteiger partial charge in [0.2, 0.25) is 0 Å². The number of nitrogens with one attached hydrogen (secondary N) is 1. The first-order valence-electron chi connectivity index (χ1n) is 5.07. The molecule has 1 aliphatic heterocycles. The second kappa shape index (κ2) is 4.23. The molecule has 2 rings (SSSR count). The lowest BCUT2D eigenvalue weighted by molar-refractivity contribution is 0.0959. The Bertz CT molecular complexity index is 351. The van der Waals surface area contributed by atoms with Crippen LogP contribution in [0.5, 0.6) is 0 Å². The molecule has 0 bridgehead atoms. The summed E-state index contributed by atoms with van der Waals surface area (Å²) in [7, 11) is 0. The van der Waals surface area contributed by atoms with Crippen LogP contribution in [0.4, 0.5) is 0 Å². The van der Waals surface area contributed by atoms with Gasteiger partial charge in [-0.3, -0.25) is 5.10 Å². The maximum Gasteiger partial charge on any atom is 0.195 e. The first-order valence-corrected chi connectivity index (χ1v) is 5.47. The number of aromatic nitrogens is 3. The fourth-order valence-electron chi connectivity index (χ4n) is 1.80. The number of hydrogen-bond donors (Lipinski definition) is 1. The van der Waals surface area contributed by atoms with Crippen LogP contribution in [0.15, 0.2) is 0 Å². The van der Waals surface area contributed by atoms with Crippen LogP contribution in [0.25, 0.3) is 0 Å². The lowest BCUT2D eigenvalue weighted by atomic mass is 10.2. The third-order valence-electron chi connectivity index (χ3n) is 2.56. The molecule has 1 aromatic heterocycles. The van der Waals surface area contributed by atoms with Gasteiger partial charge in [0, 0.05) is 13.0 Å². The van der Waals surface area contributed by atoms with E-state index in [1.54, 1.807) is 0 Å². The van der Waals surface area contributed by atoms with Gasteiger partial charge in [-0.25, -0.2) is 0 Å². The van der Waals surface area contributed by atoms with Crippen molar-refractivity contribution in [2.75, 3.05) is 6.61 Å². The van der Waals surface area contributed by atoms with E-state index in [-0.39, 0.29) is 0 Å². The lowest BCUT2D eigenvalue weighted by Crippen LogP contribution is -2.16. The van der Waals surface area contributed by atoms with Gasteiger partial charge in [-0.1, -0.05) is 6.92 Å². The van der Waals surface area contributed by atoms with Crippen LogP contribution in [-0.2, 0) is 17.7 Å².